The van der Waals surface area contributed by atoms with Crippen molar-refractivity contribution in [3.63, 3.8) is 0 Å². The summed E-state index contributed by atoms with van der Waals surface area (Å²) in [6.07, 6.45) is 7.58. The van der Waals surface area contributed by atoms with Gasteiger partial charge in [-0.15, -0.1) is 0 Å². The van der Waals surface area contributed by atoms with Crippen molar-refractivity contribution < 1.29 is 25.8 Å². The van der Waals surface area contributed by atoms with Crippen molar-refractivity contribution >= 4 is 32.8 Å². The SMILES string of the molecule is [2H]C([2H])([2H])c1cccc(C([2H])([2H])[2H])c1-c1cc2c(c(C(C)(C)C)c1)-[n+]1[c-]n(-c3cccc(Oc4ccc5c6ccccc6n(-c6cc(C(C)(C)C)ccn6)c5c4)c3)c3cc(-c4c(C([2H])([2H])[2H])cccc4C([2H])([2H])[2H])cc(c31)-c1ccccc1-c1cc3c(cc1-2)C(C)(C)CCC3(C)C. The van der Waals surface area contributed by atoms with Crippen molar-refractivity contribution in [3.8, 4) is 84.3 Å². The normalized spacial score (nSPS) is 17.0. The van der Waals surface area contributed by atoms with Crippen LogP contribution >= 0.6 is 0 Å². The standard InChI is InChI=1S/C80H76N4O/c1-48-22-19-23-49(2)73(48)52-38-65-63-46-67-66(79(11,12)35-36-80(67,13)14)45-62(63)58-28-15-16-29-59(58)64-39-53(74-50(3)24-20-25-51(74)4)41-71-76(64)83(75(65)68(40-52)78(8,9)10)47-82(71)55-26-21-27-56(43-55)85-57-32-33-61-60-30-17-18-31-69(60)84(70(61)44-57)72-42-54(34-37-81-72)77(5,6)7/h15-34,37-46H,35-36H2,1-14H3/i1D3,2D3,3D3,4D3. The first kappa shape index (κ1) is 42.1. The molecule has 0 fully saturated rings. The zero-order chi connectivity index (χ0) is 69.2. The number of benzene rings is 9. The van der Waals surface area contributed by atoms with Gasteiger partial charge in [-0.1, -0.05) is 172 Å². The van der Waals surface area contributed by atoms with Crippen LogP contribution in [-0.2, 0) is 21.7 Å². The van der Waals surface area contributed by atoms with Crippen LogP contribution in [0.3, 0.4) is 0 Å². The second kappa shape index (κ2) is 19.4. The average molecular weight is 1120 g/mol. The van der Waals surface area contributed by atoms with E-state index in [0.717, 1.165) is 79.4 Å². The maximum Gasteiger partial charge on any atom is 0.269 e. The third-order valence-corrected chi connectivity index (χ3v) is 18.2. The van der Waals surface area contributed by atoms with Crippen LogP contribution in [0, 0.1) is 33.7 Å². The number of fused-ring (bicyclic) bond motifs is 11. The molecule has 12 aromatic rings. The van der Waals surface area contributed by atoms with Crippen molar-refractivity contribution in [1.29, 1.82) is 0 Å². The highest BCUT2D eigenvalue weighted by Crippen LogP contribution is 2.54. The van der Waals surface area contributed by atoms with Gasteiger partial charge in [0.1, 0.15) is 17.3 Å². The minimum absolute atomic E-state index is 0.0689. The van der Waals surface area contributed by atoms with Crippen LogP contribution in [0.15, 0.2) is 182 Å². The highest BCUT2D eigenvalue weighted by atomic mass is 16.5. The van der Waals surface area contributed by atoms with Crippen molar-refractivity contribution in [2.24, 2.45) is 0 Å². The lowest BCUT2D eigenvalue weighted by Crippen LogP contribution is -2.35. The number of imidazole rings is 1. The first-order chi connectivity index (χ1) is 45.4. The molecule has 14 rings (SSSR count). The van der Waals surface area contributed by atoms with Crippen molar-refractivity contribution in [1.82, 2.24) is 14.1 Å². The molecule has 0 spiro atoms. The fourth-order valence-corrected chi connectivity index (χ4v) is 13.6. The number of aromatic nitrogens is 4. The first-order valence-corrected chi connectivity index (χ1v) is 29.5. The van der Waals surface area contributed by atoms with Gasteiger partial charge in [0, 0.05) is 39.5 Å². The van der Waals surface area contributed by atoms with Gasteiger partial charge in [-0.3, -0.25) is 13.7 Å². The van der Waals surface area contributed by atoms with Crippen LogP contribution in [0.2, 0.25) is 0 Å². The van der Waals surface area contributed by atoms with Gasteiger partial charge >= 0.3 is 0 Å². The van der Waals surface area contributed by atoms with E-state index in [-0.39, 0.29) is 49.6 Å². The Balaban J connectivity index is 1.11. The van der Waals surface area contributed by atoms with Gasteiger partial charge in [-0.05, 0) is 229 Å². The quantitative estimate of drug-likeness (QED) is 0.123. The molecule has 1 aliphatic carbocycles. The lowest BCUT2D eigenvalue weighted by atomic mass is 9.62. The van der Waals surface area contributed by atoms with Crippen LogP contribution in [-0.4, -0.2) is 14.1 Å². The summed E-state index contributed by atoms with van der Waals surface area (Å²) in [4.78, 5) is 4.92. The largest absolute Gasteiger partial charge is 0.458 e. The van der Waals surface area contributed by atoms with Crippen LogP contribution in [0.4, 0.5) is 0 Å². The molecule has 0 bridgehead atoms. The molecule has 2 aliphatic rings. The molecule has 5 heteroatoms. The Morgan fingerprint density at radius 2 is 1.08 bits per heavy atom. The molecular weight excluding hydrogens is 1030 g/mol. The Morgan fingerprint density at radius 1 is 0.506 bits per heavy atom. The monoisotopic (exact) mass is 1120 g/mol. The molecule has 1 aliphatic heterocycles. The summed E-state index contributed by atoms with van der Waals surface area (Å²) >= 11 is 0. The Morgan fingerprint density at radius 3 is 1.73 bits per heavy atom. The Bertz CT molecular complexity index is 5170. The topological polar surface area (TPSA) is 35.9 Å². The van der Waals surface area contributed by atoms with Crippen LogP contribution in [0.1, 0.15) is 143 Å². The number of nitrogens with zero attached hydrogens (tertiary/aromatic N) is 4. The summed E-state index contributed by atoms with van der Waals surface area (Å²) in [6.45, 7) is 11.0. The zero-order valence-electron chi connectivity index (χ0n) is 61.9. The molecule has 4 heterocycles. The molecular formula is C80H76N4O. The van der Waals surface area contributed by atoms with Gasteiger partial charge < -0.3 is 4.74 Å². The first-order valence-electron chi connectivity index (χ1n) is 35.5. The van der Waals surface area contributed by atoms with E-state index in [1.54, 1.807) is 0 Å². The van der Waals surface area contributed by atoms with E-state index in [1.807, 2.05) is 95.7 Å². The number of hydrogen-bond acceptors (Lipinski definition) is 2. The number of pyridine rings is 1. The lowest BCUT2D eigenvalue weighted by Gasteiger charge is -2.42. The summed E-state index contributed by atoms with van der Waals surface area (Å²) < 4.78 is 121. The minimum atomic E-state index is -2.74. The molecule has 422 valence electrons. The van der Waals surface area contributed by atoms with Crippen LogP contribution in [0.5, 0.6) is 11.5 Å². The third kappa shape index (κ3) is 8.86. The maximum absolute atomic E-state index is 9.01. The minimum Gasteiger partial charge on any atom is -0.458 e. The fraction of sp³-hybridized carbons (Fsp3) is 0.250. The maximum atomic E-state index is 9.01. The van der Waals surface area contributed by atoms with E-state index in [1.165, 1.54) is 42.0 Å². The van der Waals surface area contributed by atoms with Gasteiger partial charge in [0.05, 0.1) is 33.4 Å². The molecule has 0 atom stereocenters. The molecule has 0 saturated heterocycles. The summed E-state index contributed by atoms with van der Waals surface area (Å²) in [5.41, 5.74) is 12.2. The van der Waals surface area contributed by atoms with Crippen LogP contribution < -0.4 is 9.30 Å². The van der Waals surface area contributed by atoms with E-state index in [2.05, 4.69) is 139 Å². The summed E-state index contributed by atoms with van der Waals surface area (Å²) in [7, 11) is 0. The van der Waals surface area contributed by atoms with E-state index in [0.29, 0.717) is 56.2 Å². The Hall–Kier alpha value is -8.80. The van der Waals surface area contributed by atoms with E-state index >= 15 is 0 Å². The number of para-hydroxylation sites is 1. The van der Waals surface area contributed by atoms with Crippen LogP contribution in [0.25, 0.3) is 106 Å². The lowest BCUT2D eigenvalue weighted by molar-refractivity contribution is -0.572. The molecule has 3 aromatic heterocycles. The number of ether oxygens (including phenoxy) is 1. The second-order valence-electron chi connectivity index (χ2n) is 26.8. The van der Waals surface area contributed by atoms with Gasteiger partial charge in [0.25, 0.3) is 6.33 Å². The predicted molar refractivity (Wildman–Crippen MR) is 355 cm³/mol. The van der Waals surface area contributed by atoms with E-state index in [4.69, 9.17) is 26.2 Å². The number of aryl methyl sites for hydroxylation is 4. The molecule has 0 unspecified atom stereocenters. The predicted octanol–water partition coefficient (Wildman–Crippen LogP) is 20.8. The molecule has 0 N–H and O–H groups in total. The average Bonchev–Trinajstić information content (AvgIpc) is 1.64. The fourth-order valence-electron chi connectivity index (χ4n) is 13.6. The van der Waals surface area contributed by atoms with Gasteiger partial charge in [0.2, 0.25) is 0 Å². The Kier molecular flexibility index (Phi) is 9.59. The highest BCUT2D eigenvalue weighted by molar-refractivity contribution is 6.10. The third-order valence-electron chi connectivity index (χ3n) is 18.2. The number of hydrogen-bond donors (Lipinski definition) is 0. The highest BCUT2D eigenvalue weighted by Gasteiger charge is 2.40. The summed E-state index contributed by atoms with van der Waals surface area (Å²) in [5, 5.41) is 2.09. The Labute approximate surface area is 519 Å². The molecule has 0 amide bonds. The number of rotatable bonds is 6. The van der Waals surface area contributed by atoms with Gasteiger partial charge in [-0.25, -0.2) is 4.98 Å². The summed E-state index contributed by atoms with van der Waals surface area (Å²) in [6, 6.07) is 55.6. The summed E-state index contributed by atoms with van der Waals surface area (Å²) in [5.74, 6) is 1.82. The second-order valence-corrected chi connectivity index (χ2v) is 26.8. The van der Waals surface area contributed by atoms with Crippen molar-refractivity contribution in [3.05, 3.63) is 233 Å². The van der Waals surface area contributed by atoms with Gasteiger partial charge in [-0.2, -0.15) is 0 Å². The smallest absolute Gasteiger partial charge is 0.269 e. The molecule has 85 heavy (non-hydrogen) atoms. The van der Waals surface area contributed by atoms with E-state index in [9.17, 15) is 0 Å². The van der Waals surface area contributed by atoms with Gasteiger partial charge in [0.15, 0.2) is 0 Å². The molecule has 5 nitrogen and oxygen atoms in total. The van der Waals surface area contributed by atoms with E-state index < -0.39 is 32.8 Å². The zero-order valence-corrected chi connectivity index (χ0v) is 49.9. The van der Waals surface area contributed by atoms with Crippen molar-refractivity contribution in [2.45, 2.75) is 131 Å². The molecule has 0 radical (unpaired) electrons. The molecule has 9 aromatic carbocycles. The van der Waals surface area contributed by atoms with Crippen molar-refractivity contribution in [2.75, 3.05) is 0 Å². The molecule has 0 saturated carbocycles.